The predicted molar refractivity (Wildman–Crippen MR) is 149 cm³/mol. The molecule has 0 saturated carbocycles. The molecule has 40 heavy (non-hydrogen) atoms. The Hall–Kier alpha value is -3.36. The molecular weight excluding hydrogens is 519 g/mol. The van der Waals surface area contributed by atoms with Crippen LogP contribution in [0, 0.1) is 17.8 Å². The van der Waals surface area contributed by atoms with E-state index < -0.39 is 35.5 Å². The van der Waals surface area contributed by atoms with Crippen molar-refractivity contribution in [3.63, 3.8) is 0 Å². The standard InChI is InChI=1S/C31H40F3N3O3/c1-4-8-25(28(35)38)26(17-20(2)3)29(39)36-27-11-5-6-16-37(30(27)40)19-21-9-7-10-23(18-21)22-12-14-24(15-13-22)31(32,33)34/h7,9-10,12-15,18,20,25-27H,4-6,8,11,16-17,19H2,1-3H3,(H2,35,38)(H,36,39)/t25-,26+,27-/m0/s1. The maximum absolute atomic E-state index is 13.6. The monoisotopic (exact) mass is 559 g/mol. The summed E-state index contributed by atoms with van der Waals surface area (Å²) in [5, 5.41) is 2.95. The number of primary amides is 1. The first kappa shape index (κ1) is 31.2. The van der Waals surface area contributed by atoms with E-state index in [-0.39, 0.29) is 17.7 Å². The zero-order chi connectivity index (χ0) is 29.4. The van der Waals surface area contributed by atoms with Crippen LogP contribution in [0.1, 0.15) is 70.4 Å². The van der Waals surface area contributed by atoms with Gasteiger partial charge in [0, 0.05) is 24.9 Å². The number of benzene rings is 2. The van der Waals surface area contributed by atoms with E-state index in [9.17, 15) is 27.6 Å². The number of alkyl halides is 3. The fourth-order valence-electron chi connectivity index (χ4n) is 5.41. The third-order valence-corrected chi connectivity index (χ3v) is 7.46. The number of nitrogens with zero attached hydrogens (tertiary/aromatic N) is 1. The van der Waals surface area contributed by atoms with E-state index in [2.05, 4.69) is 5.32 Å². The summed E-state index contributed by atoms with van der Waals surface area (Å²) in [5.41, 5.74) is 7.20. The molecule has 0 unspecified atom stereocenters. The summed E-state index contributed by atoms with van der Waals surface area (Å²) in [6, 6.07) is 11.7. The van der Waals surface area contributed by atoms with Gasteiger partial charge in [-0.05, 0) is 72.9 Å². The fourth-order valence-corrected chi connectivity index (χ4v) is 5.41. The molecule has 1 aliphatic heterocycles. The van der Waals surface area contributed by atoms with E-state index in [0.717, 1.165) is 42.5 Å². The highest BCUT2D eigenvalue weighted by atomic mass is 19.4. The van der Waals surface area contributed by atoms with E-state index in [4.69, 9.17) is 5.73 Å². The Bertz CT molecular complexity index is 1160. The van der Waals surface area contributed by atoms with Gasteiger partial charge in [-0.3, -0.25) is 14.4 Å². The summed E-state index contributed by atoms with van der Waals surface area (Å²) < 4.78 is 38.9. The zero-order valence-corrected chi connectivity index (χ0v) is 23.5. The van der Waals surface area contributed by atoms with Crippen LogP contribution >= 0.6 is 0 Å². The molecular formula is C31H40F3N3O3. The molecule has 3 N–H and O–H groups in total. The van der Waals surface area contributed by atoms with Crippen LogP contribution in [-0.4, -0.2) is 35.2 Å². The lowest BCUT2D eigenvalue weighted by atomic mass is 9.81. The predicted octanol–water partition coefficient (Wildman–Crippen LogP) is 5.93. The third-order valence-electron chi connectivity index (χ3n) is 7.46. The second-order valence-corrected chi connectivity index (χ2v) is 11.1. The van der Waals surface area contributed by atoms with Crippen molar-refractivity contribution >= 4 is 17.7 Å². The molecule has 0 radical (unpaired) electrons. The third kappa shape index (κ3) is 8.32. The molecule has 0 aliphatic carbocycles. The topological polar surface area (TPSA) is 92.5 Å². The van der Waals surface area contributed by atoms with Crippen LogP contribution in [0.3, 0.4) is 0 Å². The summed E-state index contributed by atoms with van der Waals surface area (Å²) >= 11 is 0. The smallest absolute Gasteiger partial charge is 0.369 e. The summed E-state index contributed by atoms with van der Waals surface area (Å²) in [4.78, 5) is 40.9. The number of amides is 3. The van der Waals surface area contributed by atoms with Crippen LogP contribution in [0.25, 0.3) is 11.1 Å². The number of likely N-dealkylation sites (tertiary alicyclic amines) is 1. The van der Waals surface area contributed by atoms with Crippen LogP contribution < -0.4 is 11.1 Å². The maximum atomic E-state index is 13.6. The average molecular weight is 560 g/mol. The van der Waals surface area contributed by atoms with E-state index in [0.29, 0.717) is 37.9 Å². The number of nitrogens with two attached hydrogens (primary N) is 1. The Morgan fingerprint density at radius 1 is 1.05 bits per heavy atom. The van der Waals surface area contributed by atoms with Gasteiger partial charge in [0.2, 0.25) is 17.7 Å². The molecule has 2 aromatic rings. The van der Waals surface area contributed by atoms with Gasteiger partial charge in [0.05, 0.1) is 5.56 Å². The van der Waals surface area contributed by atoms with Gasteiger partial charge in [-0.25, -0.2) is 0 Å². The van der Waals surface area contributed by atoms with Crippen molar-refractivity contribution in [3.8, 4) is 11.1 Å². The lowest BCUT2D eigenvalue weighted by molar-refractivity contribution is -0.139. The second-order valence-electron chi connectivity index (χ2n) is 11.1. The Balaban J connectivity index is 1.75. The Morgan fingerprint density at radius 2 is 1.75 bits per heavy atom. The normalized spacial score (nSPS) is 17.8. The minimum absolute atomic E-state index is 0.174. The highest BCUT2D eigenvalue weighted by Gasteiger charge is 2.36. The molecule has 2 aromatic carbocycles. The minimum atomic E-state index is -4.40. The highest BCUT2D eigenvalue weighted by molar-refractivity contribution is 5.91. The molecule has 1 fully saturated rings. The van der Waals surface area contributed by atoms with Gasteiger partial charge in [-0.2, -0.15) is 13.2 Å². The zero-order valence-electron chi connectivity index (χ0n) is 23.5. The molecule has 9 heteroatoms. The Morgan fingerprint density at radius 3 is 2.35 bits per heavy atom. The molecule has 3 atom stereocenters. The van der Waals surface area contributed by atoms with Gasteiger partial charge < -0.3 is 16.0 Å². The van der Waals surface area contributed by atoms with E-state index in [1.165, 1.54) is 12.1 Å². The molecule has 1 aliphatic rings. The van der Waals surface area contributed by atoms with Crippen molar-refractivity contribution in [2.24, 2.45) is 23.5 Å². The van der Waals surface area contributed by atoms with Crippen LogP contribution in [0.15, 0.2) is 48.5 Å². The number of nitrogens with one attached hydrogen (secondary N) is 1. The molecule has 0 spiro atoms. The minimum Gasteiger partial charge on any atom is -0.369 e. The second kappa shape index (κ2) is 13.8. The van der Waals surface area contributed by atoms with E-state index in [1.807, 2.05) is 45.0 Å². The molecule has 3 amide bonds. The first-order valence-corrected chi connectivity index (χ1v) is 14.1. The molecule has 218 valence electrons. The molecule has 6 nitrogen and oxygen atoms in total. The van der Waals surface area contributed by atoms with E-state index in [1.54, 1.807) is 4.90 Å². The van der Waals surface area contributed by atoms with Crippen LogP contribution in [0.4, 0.5) is 13.2 Å². The SMILES string of the molecule is CCC[C@H](C(N)=O)[C@@H](CC(C)C)C(=O)N[C@H]1CCCCN(Cc2cccc(-c3ccc(C(F)(F)F)cc3)c2)C1=O. The molecule has 3 rings (SSSR count). The fraction of sp³-hybridized carbons (Fsp3) is 0.516. The summed E-state index contributed by atoms with van der Waals surface area (Å²) in [7, 11) is 0. The number of hydrogen-bond donors (Lipinski definition) is 2. The molecule has 0 aromatic heterocycles. The van der Waals surface area contributed by atoms with E-state index >= 15 is 0 Å². The number of hydrogen-bond acceptors (Lipinski definition) is 3. The first-order valence-electron chi connectivity index (χ1n) is 14.1. The van der Waals surface area contributed by atoms with Gasteiger partial charge in [-0.15, -0.1) is 0 Å². The summed E-state index contributed by atoms with van der Waals surface area (Å²) in [5.74, 6) is -1.99. The molecule has 0 bridgehead atoms. The van der Waals surface area contributed by atoms with Crippen LogP contribution in [0.5, 0.6) is 0 Å². The number of halogens is 3. The van der Waals surface area contributed by atoms with Gasteiger partial charge in [0.25, 0.3) is 0 Å². The van der Waals surface area contributed by atoms with Crippen molar-refractivity contribution in [2.75, 3.05) is 6.54 Å². The summed E-state index contributed by atoms with van der Waals surface area (Å²) in [6.07, 6.45) is -0.604. The quantitative estimate of drug-likeness (QED) is 0.357. The summed E-state index contributed by atoms with van der Waals surface area (Å²) in [6.45, 7) is 6.77. The molecule has 1 heterocycles. The lowest BCUT2D eigenvalue weighted by Gasteiger charge is -2.29. The van der Waals surface area contributed by atoms with Gasteiger partial charge in [0.15, 0.2) is 0 Å². The lowest BCUT2D eigenvalue weighted by Crippen LogP contribution is -2.50. The average Bonchev–Trinajstić information content (AvgIpc) is 3.06. The Labute approximate surface area is 234 Å². The number of carbonyl (C=O) groups excluding carboxylic acids is 3. The van der Waals surface area contributed by atoms with Crippen LogP contribution in [-0.2, 0) is 27.1 Å². The van der Waals surface area contributed by atoms with Crippen molar-refractivity contribution < 1.29 is 27.6 Å². The highest BCUT2D eigenvalue weighted by Crippen LogP contribution is 2.31. The number of rotatable bonds is 11. The maximum Gasteiger partial charge on any atom is 0.416 e. The van der Waals surface area contributed by atoms with Crippen molar-refractivity contribution in [3.05, 3.63) is 59.7 Å². The Kier molecular flexibility index (Phi) is 10.8. The van der Waals surface area contributed by atoms with Crippen molar-refractivity contribution in [1.29, 1.82) is 0 Å². The first-order chi connectivity index (χ1) is 18.9. The molecule has 1 saturated heterocycles. The van der Waals surface area contributed by atoms with Gasteiger partial charge in [0.1, 0.15) is 6.04 Å². The van der Waals surface area contributed by atoms with Crippen LogP contribution in [0.2, 0.25) is 0 Å². The van der Waals surface area contributed by atoms with Gasteiger partial charge in [-0.1, -0.05) is 57.5 Å². The van der Waals surface area contributed by atoms with Gasteiger partial charge >= 0.3 is 6.18 Å². The van der Waals surface area contributed by atoms with Crippen molar-refractivity contribution in [1.82, 2.24) is 10.2 Å². The van der Waals surface area contributed by atoms with Crippen molar-refractivity contribution in [2.45, 2.75) is 78.1 Å². The largest absolute Gasteiger partial charge is 0.416 e. The number of carbonyl (C=O) groups is 3.